The summed E-state index contributed by atoms with van der Waals surface area (Å²) in [5.41, 5.74) is 0. The first kappa shape index (κ1) is 59.6. The summed E-state index contributed by atoms with van der Waals surface area (Å²) in [6.45, 7) is 6.58. The van der Waals surface area contributed by atoms with Gasteiger partial charge in [-0.05, 0) is 64.2 Å². The van der Waals surface area contributed by atoms with Crippen LogP contribution in [0, 0.1) is 0 Å². The van der Waals surface area contributed by atoms with E-state index in [0.717, 1.165) is 77.0 Å². The quantitative estimate of drug-likeness (QED) is 0.0199. The molecule has 0 saturated carbocycles. The van der Waals surface area contributed by atoms with Gasteiger partial charge in [0.1, 0.15) is 13.2 Å². The molecule has 0 heterocycles. The molecule has 0 radical (unpaired) electrons. The van der Waals surface area contributed by atoms with Crippen LogP contribution in [0.3, 0.4) is 0 Å². The largest absolute Gasteiger partial charge is 0.462 e. The molecule has 0 fully saturated rings. The van der Waals surface area contributed by atoms with E-state index >= 15 is 0 Å². The summed E-state index contributed by atoms with van der Waals surface area (Å²) in [4.78, 5) is 38.0. The first-order chi connectivity index (χ1) is 30.5. The summed E-state index contributed by atoms with van der Waals surface area (Å²) in [5.74, 6) is -0.906. The maximum absolute atomic E-state index is 12.8. The van der Waals surface area contributed by atoms with Crippen LogP contribution in [0.2, 0.25) is 0 Å². The fourth-order valence-corrected chi connectivity index (χ4v) is 7.77. The molecule has 0 aliphatic carbocycles. The second-order valence-electron chi connectivity index (χ2n) is 18.2. The standard InChI is InChI=1S/C56H102O6/c1-4-7-10-13-16-19-22-24-26-27-28-30-31-34-37-40-43-46-49-55(58)61-52-53(51-60-54(57)48-45-42-39-36-33-21-18-15-12-9-6-3)62-56(59)50-47-44-41-38-35-32-29-25-23-20-17-14-11-8-5-2/h15,18,21,28,30,33,53H,4-14,16-17,19-20,22-27,29,31-32,34-52H2,1-3H3/b18-15-,30-28-,33-21-. The summed E-state index contributed by atoms with van der Waals surface area (Å²) in [7, 11) is 0. The topological polar surface area (TPSA) is 78.9 Å². The molecule has 0 saturated heterocycles. The highest BCUT2D eigenvalue weighted by Gasteiger charge is 2.19. The van der Waals surface area contributed by atoms with Gasteiger partial charge in [-0.15, -0.1) is 0 Å². The minimum absolute atomic E-state index is 0.0820. The Morgan fingerprint density at radius 3 is 0.968 bits per heavy atom. The molecule has 362 valence electrons. The molecule has 0 N–H and O–H groups in total. The number of hydrogen-bond acceptors (Lipinski definition) is 6. The van der Waals surface area contributed by atoms with Crippen molar-refractivity contribution in [3.8, 4) is 0 Å². The fourth-order valence-electron chi connectivity index (χ4n) is 7.77. The number of allylic oxidation sites excluding steroid dienone is 6. The van der Waals surface area contributed by atoms with Crippen molar-refractivity contribution in [3.63, 3.8) is 0 Å². The number of ether oxygens (including phenoxy) is 3. The van der Waals surface area contributed by atoms with Crippen molar-refractivity contribution < 1.29 is 28.6 Å². The van der Waals surface area contributed by atoms with Gasteiger partial charge in [0.05, 0.1) is 0 Å². The SMILES string of the molecule is CCCC/C=C\C=C/CCCCCC(=O)OCC(COC(=O)CCCCCCC/C=C\CCCCCCCCCCC)OC(=O)CCCCCCCCCCCCCCCCC. The highest BCUT2D eigenvalue weighted by Crippen LogP contribution is 2.16. The van der Waals surface area contributed by atoms with Gasteiger partial charge < -0.3 is 14.2 Å². The van der Waals surface area contributed by atoms with Crippen molar-refractivity contribution >= 4 is 17.9 Å². The third-order valence-electron chi connectivity index (χ3n) is 11.9. The average Bonchev–Trinajstić information content (AvgIpc) is 3.27. The van der Waals surface area contributed by atoms with Crippen LogP contribution in [0.5, 0.6) is 0 Å². The lowest BCUT2D eigenvalue weighted by Crippen LogP contribution is -2.30. The monoisotopic (exact) mass is 871 g/mol. The van der Waals surface area contributed by atoms with E-state index in [-0.39, 0.29) is 31.1 Å². The molecule has 6 nitrogen and oxygen atoms in total. The van der Waals surface area contributed by atoms with E-state index in [1.165, 1.54) is 167 Å². The van der Waals surface area contributed by atoms with Crippen LogP contribution < -0.4 is 0 Å². The molecule has 0 amide bonds. The second kappa shape index (κ2) is 51.3. The molecule has 1 unspecified atom stereocenters. The molecule has 0 bridgehead atoms. The van der Waals surface area contributed by atoms with Gasteiger partial charge in [-0.1, -0.05) is 237 Å². The molecule has 0 aliphatic rings. The van der Waals surface area contributed by atoms with Gasteiger partial charge in [0, 0.05) is 19.3 Å². The van der Waals surface area contributed by atoms with E-state index in [1.54, 1.807) is 0 Å². The zero-order valence-corrected chi connectivity index (χ0v) is 41.4. The Morgan fingerprint density at radius 1 is 0.323 bits per heavy atom. The molecule has 62 heavy (non-hydrogen) atoms. The Morgan fingerprint density at radius 2 is 0.597 bits per heavy atom. The third-order valence-corrected chi connectivity index (χ3v) is 11.9. The van der Waals surface area contributed by atoms with Gasteiger partial charge in [-0.25, -0.2) is 0 Å². The zero-order chi connectivity index (χ0) is 45.1. The number of rotatable bonds is 49. The second-order valence-corrected chi connectivity index (χ2v) is 18.2. The molecular formula is C56H102O6. The average molecular weight is 871 g/mol. The molecular weight excluding hydrogens is 769 g/mol. The normalized spacial score (nSPS) is 12.2. The molecule has 0 aliphatic heterocycles. The van der Waals surface area contributed by atoms with Gasteiger partial charge in [0.25, 0.3) is 0 Å². The molecule has 0 aromatic carbocycles. The van der Waals surface area contributed by atoms with E-state index in [0.29, 0.717) is 19.3 Å². The first-order valence-corrected chi connectivity index (χ1v) is 27.0. The van der Waals surface area contributed by atoms with E-state index in [2.05, 4.69) is 57.2 Å². The Balaban J connectivity index is 4.34. The Kier molecular flexibility index (Phi) is 49.3. The minimum atomic E-state index is -0.782. The van der Waals surface area contributed by atoms with Crippen molar-refractivity contribution in [2.45, 2.75) is 290 Å². The number of esters is 3. The third kappa shape index (κ3) is 48.7. The van der Waals surface area contributed by atoms with Gasteiger partial charge in [0.2, 0.25) is 0 Å². The number of carbonyl (C=O) groups excluding carboxylic acids is 3. The van der Waals surface area contributed by atoms with Gasteiger partial charge in [-0.2, -0.15) is 0 Å². The highest BCUT2D eigenvalue weighted by atomic mass is 16.6. The maximum Gasteiger partial charge on any atom is 0.306 e. The van der Waals surface area contributed by atoms with Gasteiger partial charge in [0.15, 0.2) is 6.10 Å². The zero-order valence-electron chi connectivity index (χ0n) is 41.4. The van der Waals surface area contributed by atoms with Crippen LogP contribution in [0.25, 0.3) is 0 Å². The number of unbranched alkanes of at least 4 members (excludes halogenated alkanes) is 33. The summed E-state index contributed by atoms with van der Waals surface area (Å²) in [6.07, 6.45) is 59.9. The lowest BCUT2D eigenvalue weighted by molar-refractivity contribution is -0.167. The predicted octanol–water partition coefficient (Wildman–Crippen LogP) is 17.7. The molecule has 0 spiro atoms. The van der Waals surface area contributed by atoms with Crippen LogP contribution in [0.4, 0.5) is 0 Å². The van der Waals surface area contributed by atoms with Crippen LogP contribution in [-0.2, 0) is 28.6 Å². The molecule has 0 rings (SSSR count). The fraction of sp³-hybridized carbons (Fsp3) is 0.839. The number of hydrogen-bond donors (Lipinski definition) is 0. The van der Waals surface area contributed by atoms with E-state index in [4.69, 9.17) is 14.2 Å². The summed E-state index contributed by atoms with van der Waals surface area (Å²) < 4.78 is 16.8. The Bertz CT molecular complexity index is 1050. The van der Waals surface area contributed by atoms with E-state index in [1.807, 2.05) is 0 Å². The lowest BCUT2D eigenvalue weighted by atomic mass is 10.0. The molecule has 0 aromatic rings. The van der Waals surface area contributed by atoms with Crippen molar-refractivity contribution in [2.24, 2.45) is 0 Å². The molecule has 0 aromatic heterocycles. The minimum Gasteiger partial charge on any atom is -0.462 e. The van der Waals surface area contributed by atoms with E-state index < -0.39 is 6.10 Å². The smallest absolute Gasteiger partial charge is 0.306 e. The lowest BCUT2D eigenvalue weighted by Gasteiger charge is -2.18. The van der Waals surface area contributed by atoms with Gasteiger partial charge in [-0.3, -0.25) is 14.4 Å². The van der Waals surface area contributed by atoms with Crippen LogP contribution in [-0.4, -0.2) is 37.2 Å². The van der Waals surface area contributed by atoms with Crippen molar-refractivity contribution in [2.75, 3.05) is 13.2 Å². The maximum atomic E-state index is 12.8. The summed E-state index contributed by atoms with van der Waals surface area (Å²) in [5, 5.41) is 0. The van der Waals surface area contributed by atoms with Crippen LogP contribution in [0.15, 0.2) is 36.5 Å². The van der Waals surface area contributed by atoms with Crippen LogP contribution in [0.1, 0.15) is 284 Å². The highest BCUT2D eigenvalue weighted by molar-refractivity contribution is 5.71. The van der Waals surface area contributed by atoms with Crippen molar-refractivity contribution in [1.82, 2.24) is 0 Å². The Labute approximate surface area is 385 Å². The van der Waals surface area contributed by atoms with Gasteiger partial charge >= 0.3 is 17.9 Å². The Hall–Kier alpha value is -2.37. The van der Waals surface area contributed by atoms with Crippen molar-refractivity contribution in [3.05, 3.63) is 36.5 Å². The van der Waals surface area contributed by atoms with E-state index in [9.17, 15) is 14.4 Å². The van der Waals surface area contributed by atoms with Crippen LogP contribution >= 0.6 is 0 Å². The summed E-state index contributed by atoms with van der Waals surface area (Å²) in [6, 6.07) is 0. The summed E-state index contributed by atoms with van der Waals surface area (Å²) >= 11 is 0. The molecule has 6 heteroatoms. The predicted molar refractivity (Wildman–Crippen MR) is 266 cm³/mol. The van der Waals surface area contributed by atoms with Crippen molar-refractivity contribution in [1.29, 1.82) is 0 Å². The molecule has 1 atom stereocenters. The first-order valence-electron chi connectivity index (χ1n) is 27.0. The number of carbonyl (C=O) groups is 3.